The number of carbonyl (C=O) groups is 1. The highest BCUT2D eigenvalue weighted by molar-refractivity contribution is 6.30. The van der Waals surface area contributed by atoms with Crippen LogP contribution in [0, 0.1) is 0 Å². The maximum absolute atomic E-state index is 12.3. The highest BCUT2D eigenvalue weighted by Crippen LogP contribution is 2.21. The lowest BCUT2D eigenvalue weighted by molar-refractivity contribution is 0.0946. The molecule has 0 aliphatic heterocycles. The molecule has 0 aliphatic rings. The number of halogens is 1. The van der Waals surface area contributed by atoms with Crippen LogP contribution in [0.25, 0.3) is 11.3 Å². The van der Waals surface area contributed by atoms with E-state index in [0.717, 1.165) is 36.3 Å². The number of benzene rings is 2. The largest absolute Gasteiger partial charge is 0.494 e. The number of aromatic nitrogens is 2. The Bertz CT molecular complexity index is 890. The van der Waals surface area contributed by atoms with Crippen molar-refractivity contribution in [2.24, 2.45) is 0 Å². The molecule has 0 bridgehead atoms. The molecule has 0 unspecified atom stereocenters. The zero-order chi connectivity index (χ0) is 19.1. The van der Waals surface area contributed by atoms with E-state index in [4.69, 9.17) is 16.3 Å². The van der Waals surface area contributed by atoms with Crippen LogP contribution in [0.2, 0.25) is 5.02 Å². The quantitative estimate of drug-likeness (QED) is 0.547. The Morgan fingerprint density at radius 2 is 2.00 bits per heavy atom. The molecule has 2 aromatic carbocycles. The van der Waals surface area contributed by atoms with Crippen LogP contribution in [0.1, 0.15) is 35.8 Å². The number of ether oxygens (including phenoxy) is 1. The number of H-pyrrole nitrogens is 1. The van der Waals surface area contributed by atoms with Gasteiger partial charge in [0.15, 0.2) is 0 Å². The highest BCUT2D eigenvalue weighted by Gasteiger charge is 2.11. The van der Waals surface area contributed by atoms with E-state index in [1.165, 1.54) is 0 Å². The number of aromatic amines is 1. The molecule has 27 heavy (non-hydrogen) atoms. The van der Waals surface area contributed by atoms with Gasteiger partial charge in [0.1, 0.15) is 11.4 Å². The molecule has 0 aliphatic carbocycles. The Morgan fingerprint density at radius 3 is 2.74 bits per heavy atom. The predicted molar refractivity (Wildman–Crippen MR) is 107 cm³/mol. The Labute approximate surface area is 163 Å². The van der Waals surface area contributed by atoms with Crippen LogP contribution in [0.5, 0.6) is 5.75 Å². The van der Waals surface area contributed by atoms with Gasteiger partial charge in [0.2, 0.25) is 0 Å². The molecule has 140 valence electrons. The molecule has 0 saturated heterocycles. The summed E-state index contributed by atoms with van der Waals surface area (Å²) in [5.74, 6) is 0.621. The molecule has 1 heterocycles. The maximum Gasteiger partial charge on any atom is 0.269 e. The van der Waals surface area contributed by atoms with Crippen LogP contribution >= 0.6 is 11.6 Å². The second-order valence-electron chi connectivity index (χ2n) is 6.21. The van der Waals surface area contributed by atoms with Gasteiger partial charge in [-0.2, -0.15) is 5.10 Å². The topological polar surface area (TPSA) is 67.0 Å². The van der Waals surface area contributed by atoms with Gasteiger partial charge < -0.3 is 10.1 Å². The van der Waals surface area contributed by atoms with Gasteiger partial charge in [-0.15, -0.1) is 0 Å². The maximum atomic E-state index is 12.3. The van der Waals surface area contributed by atoms with Crippen molar-refractivity contribution in [2.45, 2.75) is 26.3 Å². The third-order valence-corrected chi connectivity index (χ3v) is 4.32. The fourth-order valence-electron chi connectivity index (χ4n) is 2.57. The fourth-order valence-corrected chi connectivity index (χ4v) is 2.78. The molecule has 6 heteroatoms. The van der Waals surface area contributed by atoms with Crippen LogP contribution in [0.3, 0.4) is 0 Å². The third kappa shape index (κ3) is 5.34. The average Bonchev–Trinajstić information content (AvgIpc) is 3.17. The molecule has 5 nitrogen and oxygen atoms in total. The van der Waals surface area contributed by atoms with Gasteiger partial charge >= 0.3 is 0 Å². The van der Waals surface area contributed by atoms with Gasteiger partial charge in [0.25, 0.3) is 5.91 Å². The van der Waals surface area contributed by atoms with Crippen molar-refractivity contribution >= 4 is 17.5 Å². The summed E-state index contributed by atoms with van der Waals surface area (Å²) >= 11 is 5.96. The number of nitrogens with zero attached hydrogens (tertiary/aromatic N) is 1. The van der Waals surface area contributed by atoms with Gasteiger partial charge in [-0.3, -0.25) is 9.89 Å². The van der Waals surface area contributed by atoms with Gasteiger partial charge in [0.05, 0.1) is 12.3 Å². The lowest BCUT2D eigenvalue weighted by Crippen LogP contribution is -2.23. The van der Waals surface area contributed by atoms with Crippen molar-refractivity contribution in [2.75, 3.05) is 6.61 Å². The molecular weight excluding hydrogens is 362 g/mol. The van der Waals surface area contributed by atoms with Crippen LogP contribution in [-0.4, -0.2) is 22.7 Å². The minimum atomic E-state index is -0.215. The molecule has 0 atom stereocenters. The van der Waals surface area contributed by atoms with Crippen LogP contribution < -0.4 is 10.1 Å². The van der Waals surface area contributed by atoms with E-state index in [2.05, 4.69) is 22.4 Å². The first-order valence-corrected chi connectivity index (χ1v) is 9.35. The lowest BCUT2D eigenvalue weighted by atomic mass is 10.1. The summed E-state index contributed by atoms with van der Waals surface area (Å²) < 4.78 is 5.66. The molecule has 1 aromatic heterocycles. The van der Waals surface area contributed by atoms with E-state index in [1.807, 2.05) is 42.5 Å². The second kappa shape index (κ2) is 9.24. The van der Waals surface area contributed by atoms with Gasteiger partial charge in [-0.1, -0.05) is 37.1 Å². The molecule has 0 fully saturated rings. The minimum Gasteiger partial charge on any atom is -0.494 e. The highest BCUT2D eigenvalue weighted by atomic mass is 35.5. The monoisotopic (exact) mass is 383 g/mol. The van der Waals surface area contributed by atoms with Gasteiger partial charge in [0, 0.05) is 17.1 Å². The molecule has 0 saturated carbocycles. The van der Waals surface area contributed by atoms with Crippen LogP contribution in [0.4, 0.5) is 0 Å². The normalized spacial score (nSPS) is 10.6. The number of unbranched alkanes of at least 4 members (excludes halogenated alkanes) is 1. The predicted octanol–water partition coefficient (Wildman–Crippen LogP) is 4.84. The second-order valence-corrected chi connectivity index (χ2v) is 6.64. The third-order valence-electron chi connectivity index (χ3n) is 4.08. The molecule has 2 N–H and O–H groups in total. The first kappa shape index (κ1) is 19.0. The lowest BCUT2D eigenvalue weighted by Gasteiger charge is -2.05. The molecule has 0 spiro atoms. The Hall–Kier alpha value is -2.79. The van der Waals surface area contributed by atoms with Crippen molar-refractivity contribution in [1.29, 1.82) is 0 Å². The summed E-state index contributed by atoms with van der Waals surface area (Å²) in [7, 11) is 0. The zero-order valence-corrected chi connectivity index (χ0v) is 15.9. The Kier molecular flexibility index (Phi) is 6.49. The number of carbonyl (C=O) groups excluding carboxylic acids is 1. The summed E-state index contributed by atoms with van der Waals surface area (Å²) in [4.78, 5) is 12.3. The van der Waals surface area contributed by atoms with Crippen molar-refractivity contribution in [3.8, 4) is 17.0 Å². The van der Waals surface area contributed by atoms with Crippen molar-refractivity contribution < 1.29 is 9.53 Å². The number of hydrogen-bond donors (Lipinski definition) is 2. The number of amides is 1. The first-order valence-electron chi connectivity index (χ1n) is 8.97. The summed E-state index contributed by atoms with van der Waals surface area (Å²) in [6.45, 7) is 3.25. The summed E-state index contributed by atoms with van der Waals surface area (Å²) in [6.07, 6.45) is 2.14. The van der Waals surface area contributed by atoms with Crippen LogP contribution in [0.15, 0.2) is 54.6 Å². The average molecular weight is 384 g/mol. The number of hydrogen-bond acceptors (Lipinski definition) is 3. The first-order chi connectivity index (χ1) is 13.2. The Balaban J connectivity index is 1.59. The fraction of sp³-hybridized carbons (Fsp3) is 0.238. The molecule has 0 radical (unpaired) electrons. The zero-order valence-electron chi connectivity index (χ0n) is 15.2. The van der Waals surface area contributed by atoms with Crippen molar-refractivity contribution in [1.82, 2.24) is 15.5 Å². The van der Waals surface area contributed by atoms with Crippen molar-refractivity contribution in [3.63, 3.8) is 0 Å². The molecule has 3 aromatic rings. The van der Waals surface area contributed by atoms with E-state index in [9.17, 15) is 4.79 Å². The SMILES string of the molecule is CCCCOc1ccc(-c2cc(C(=O)NCc3cccc(Cl)c3)[nH]n2)cc1. The van der Waals surface area contributed by atoms with Gasteiger partial charge in [-0.05, 0) is 54.4 Å². The molecule has 1 amide bonds. The van der Waals surface area contributed by atoms with E-state index in [0.29, 0.717) is 23.0 Å². The van der Waals surface area contributed by atoms with E-state index in [-0.39, 0.29) is 5.91 Å². The number of nitrogens with one attached hydrogen (secondary N) is 2. The van der Waals surface area contributed by atoms with E-state index >= 15 is 0 Å². The number of rotatable bonds is 8. The summed E-state index contributed by atoms with van der Waals surface area (Å²) in [5, 5.41) is 10.5. The smallest absolute Gasteiger partial charge is 0.269 e. The summed E-state index contributed by atoms with van der Waals surface area (Å²) in [6, 6.07) is 16.8. The van der Waals surface area contributed by atoms with E-state index in [1.54, 1.807) is 12.1 Å². The van der Waals surface area contributed by atoms with Crippen LogP contribution in [-0.2, 0) is 6.54 Å². The van der Waals surface area contributed by atoms with Gasteiger partial charge in [-0.25, -0.2) is 0 Å². The minimum absolute atomic E-state index is 0.215. The molecular formula is C21H22ClN3O2. The van der Waals surface area contributed by atoms with E-state index < -0.39 is 0 Å². The molecule has 3 rings (SSSR count). The summed E-state index contributed by atoms with van der Waals surface area (Å²) in [5.41, 5.74) is 2.98. The standard InChI is InChI=1S/C21H22ClN3O2/c1-2-3-11-27-18-9-7-16(8-10-18)19-13-20(25-24-19)21(26)23-14-15-5-4-6-17(22)12-15/h4-10,12-13H,2-3,11,14H2,1H3,(H,23,26)(H,24,25). The van der Waals surface area contributed by atoms with Crippen molar-refractivity contribution in [3.05, 3.63) is 70.9 Å². The Morgan fingerprint density at radius 1 is 1.19 bits per heavy atom.